The topological polar surface area (TPSA) is 95.7 Å². The van der Waals surface area contributed by atoms with Crippen molar-refractivity contribution in [2.24, 2.45) is 5.73 Å². The molecule has 1 aliphatic rings. The number of amides is 1. The van der Waals surface area contributed by atoms with E-state index >= 15 is 0 Å². The Kier molecular flexibility index (Phi) is 7.62. The molecule has 0 aromatic heterocycles. The van der Waals surface area contributed by atoms with Crippen LogP contribution >= 0.6 is 0 Å². The summed E-state index contributed by atoms with van der Waals surface area (Å²) < 4.78 is 30.7. The van der Waals surface area contributed by atoms with Crippen molar-refractivity contribution in [2.75, 3.05) is 0 Å². The fourth-order valence-corrected chi connectivity index (χ4v) is 3.47. The van der Waals surface area contributed by atoms with Crippen LogP contribution in [0.25, 0.3) is 0 Å². The summed E-state index contributed by atoms with van der Waals surface area (Å²) in [5.41, 5.74) is 5.12. The minimum atomic E-state index is -4.00. The largest absolute Gasteiger partial charge is 0.406 e. The zero-order valence-corrected chi connectivity index (χ0v) is 13.6. The van der Waals surface area contributed by atoms with E-state index in [0.29, 0.717) is 6.42 Å². The maximum atomic E-state index is 11.2. The van der Waals surface area contributed by atoms with E-state index in [4.69, 9.17) is 5.73 Å². The fraction of sp³-hybridized carbons (Fsp3) is 0.929. The molecule has 0 radical (unpaired) electrons. The summed E-state index contributed by atoms with van der Waals surface area (Å²) in [6, 6.07) is 0. The standard InChI is InChI=1S/C14H27NO5S/c1-2-3-4-5-6-7-8-9-10-11-12-14(13(15)16)19-21(17,18)20-14/h2-12H2,1H3,(H2,15,16). The molecule has 21 heavy (non-hydrogen) atoms. The monoisotopic (exact) mass is 321 g/mol. The van der Waals surface area contributed by atoms with Crippen LogP contribution in [0, 0.1) is 0 Å². The second-order valence-corrected chi connectivity index (χ2v) is 6.77. The third-order valence-electron chi connectivity index (χ3n) is 3.71. The van der Waals surface area contributed by atoms with Gasteiger partial charge in [0.2, 0.25) is 0 Å². The summed E-state index contributed by atoms with van der Waals surface area (Å²) in [5, 5.41) is 0. The lowest BCUT2D eigenvalue weighted by molar-refractivity contribution is -0.198. The van der Waals surface area contributed by atoms with Gasteiger partial charge >= 0.3 is 10.4 Å². The Balaban J connectivity index is 2.02. The lowest BCUT2D eigenvalue weighted by atomic mass is 10.0. The Hall–Kier alpha value is -0.660. The first kappa shape index (κ1) is 18.4. The second-order valence-electron chi connectivity index (χ2n) is 5.62. The Morgan fingerprint density at radius 3 is 1.71 bits per heavy atom. The lowest BCUT2D eigenvalue weighted by Gasteiger charge is -2.35. The van der Waals surface area contributed by atoms with E-state index in [-0.39, 0.29) is 6.42 Å². The van der Waals surface area contributed by atoms with E-state index in [2.05, 4.69) is 15.3 Å². The number of hydrogen-bond acceptors (Lipinski definition) is 5. The highest BCUT2D eigenvalue weighted by atomic mass is 32.3. The van der Waals surface area contributed by atoms with Crippen LogP contribution in [-0.2, 0) is 23.6 Å². The average molecular weight is 321 g/mol. The van der Waals surface area contributed by atoms with Crippen LogP contribution in [0.4, 0.5) is 0 Å². The first-order chi connectivity index (χ1) is 9.92. The Labute approximate surface area is 127 Å². The molecule has 0 spiro atoms. The van der Waals surface area contributed by atoms with Gasteiger partial charge in [-0.3, -0.25) is 4.79 Å². The summed E-state index contributed by atoms with van der Waals surface area (Å²) in [7, 11) is -4.00. The number of carbonyl (C=O) groups excluding carboxylic acids is 1. The van der Waals surface area contributed by atoms with Crippen molar-refractivity contribution in [3.8, 4) is 0 Å². The minimum absolute atomic E-state index is 0.193. The average Bonchev–Trinajstić information content (AvgIpc) is 2.38. The molecular weight excluding hydrogens is 294 g/mol. The van der Waals surface area contributed by atoms with Crippen LogP contribution < -0.4 is 5.73 Å². The molecule has 0 aromatic carbocycles. The molecule has 2 N–H and O–H groups in total. The van der Waals surface area contributed by atoms with Crippen molar-refractivity contribution in [3.63, 3.8) is 0 Å². The van der Waals surface area contributed by atoms with E-state index in [1.165, 1.54) is 38.5 Å². The van der Waals surface area contributed by atoms with Crippen molar-refractivity contribution in [1.82, 2.24) is 0 Å². The quantitative estimate of drug-likeness (QED) is 0.558. The normalized spacial score (nSPS) is 19.1. The molecule has 1 fully saturated rings. The maximum Gasteiger partial charge on any atom is 0.406 e. The molecule has 1 amide bonds. The van der Waals surface area contributed by atoms with E-state index in [1.54, 1.807) is 0 Å². The predicted molar refractivity (Wildman–Crippen MR) is 79.5 cm³/mol. The van der Waals surface area contributed by atoms with E-state index < -0.39 is 22.1 Å². The minimum Gasteiger partial charge on any atom is -0.365 e. The van der Waals surface area contributed by atoms with Gasteiger partial charge in [-0.2, -0.15) is 8.42 Å². The third kappa shape index (κ3) is 6.32. The van der Waals surface area contributed by atoms with E-state index in [1.807, 2.05) is 0 Å². The Morgan fingerprint density at radius 2 is 1.33 bits per heavy atom. The number of primary amides is 1. The molecule has 0 bridgehead atoms. The molecular formula is C14H27NO5S. The Bertz CT molecular complexity index is 409. The molecule has 0 aliphatic carbocycles. The van der Waals surface area contributed by atoms with Crippen LogP contribution in [0.5, 0.6) is 0 Å². The zero-order valence-electron chi connectivity index (χ0n) is 12.8. The summed E-state index contributed by atoms with van der Waals surface area (Å²) >= 11 is 0. The van der Waals surface area contributed by atoms with Gasteiger partial charge in [0.05, 0.1) is 0 Å². The highest BCUT2D eigenvalue weighted by Gasteiger charge is 2.56. The van der Waals surface area contributed by atoms with Crippen LogP contribution in [0.2, 0.25) is 0 Å². The van der Waals surface area contributed by atoms with Gasteiger partial charge in [-0.1, -0.05) is 64.7 Å². The number of unbranched alkanes of at least 4 members (excludes halogenated alkanes) is 9. The summed E-state index contributed by atoms with van der Waals surface area (Å²) in [4.78, 5) is 11.2. The summed E-state index contributed by atoms with van der Waals surface area (Å²) in [5.74, 6) is -2.63. The first-order valence-electron chi connectivity index (χ1n) is 7.88. The second kappa shape index (κ2) is 8.70. The van der Waals surface area contributed by atoms with Crippen LogP contribution in [-0.4, -0.2) is 20.1 Å². The highest BCUT2D eigenvalue weighted by Crippen LogP contribution is 2.35. The smallest absolute Gasteiger partial charge is 0.365 e. The van der Waals surface area contributed by atoms with Gasteiger partial charge in [0.25, 0.3) is 11.7 Å². The van der Waals surface area contributed by atoms with Crippen molar-refractivity contribution in [2.45, 2.75) is 83.3 Å². The molecule has 6 nitrogen and oxygen atoms in total. The van der Waals surface area contributed by atoms with Crippen molar-refractivity contribution in [3.05, 3.63) is 0 Å². The molecule has 0 atom stereocenters. The third-order valence-corrected chi connectivity index (χ3v) is 4.65. The number of carbonyl (C=O) groups is 1. The Morgan fingerprint density at radius 1 is 0.905 bits per heavy atom. The van der Waals surface area contributed by atoms with Gasteiger partial charge < -0.3 is 5.73 Å². The van der Waals surface area contributed by atoms with Gasteiger partial charge in [-0.05, 0) is 6.42 Å². The van der Waals surface area contributed by atoms with Gasteiger partial charge in [0.15, 0.2) is 0 Å². The van der Waals surface area contributed by atoms with Crippen LogP contribution in [0.1, 0.15) is 77.6 Å². The van der Waals surface area contributed by atoms with Crippen LogP contribution in [0.3, 0.4) is 0 Å². The van der Waals surface area contributed by atoms with Gasteiger partial charge in [0.1, 0.15) is 0 Å². The molecule has 0 unspecified atom stereocenters. The van der Waals surface area contributed by atoms with E-state index in [0.717, 1.165) is 19.3 Å². The van der Waals surface area contributed by atoms with Gasteiger partial charge in [0, 0.05) is 6.42 Å². The molecule has 1 saturated heterocycles. The van der Waals surface area contributed by atoms with Gasteiger partial charge in [-0.15, -0.1) is 0 Å². The molecule has 1 aliphatic heterocycles. The van der Waals surface area contributed by atoms with Crippen molar-refractivity contribution < 1.29 is 21.6 Å². The summed E-state index contributed by atoms with van der Waals surface area (Å²) in [6.45, 7) is 2.21. The zero-order chi connectivity index (χ0) is 15.8. The molecule has 7 heteroatoms. The first-order valence-corrected chi connectivity index (χ1v) is 9.21. The number of nitrogens with two attached hydrogens (primary N) is 1. The maximum absolute atomic E-state index is 11.2. The number of rotatable bonds is 12. The number of hydrogen-bond donors (Lipinski definition) is 1. The highest BCUT2D eigenvalue weighted by molar-refractivity contribution is 7.83. The summed E-state index contributed by atoms with van der Waals surface area (Å²) in [6.07, 6.45) is 11.7. The predicted octanol–water partition coefficient (Wildman–Crippen LogP) is 2.77. The lowest BCUT2D eigenvalue weighted by Crippen LogP contribution is -2.58. The molecule has 1 rings (SSSR count). The molecule has 124 valence electrons. The van der Waals surface area contributed by atoms with E-state index in [9.17, 15) is 13.2 Å². The molecule has 0 saturated carbocycles. The molecule has 1 heterocycles. The van der Waals surface area contributed by atoms with Gasteiger partial charge in [-0.25, -0.2) is 8.37 Å². The van der Waals surface area contributed by atoms with Crippen molar-refractivity contribution in [1.29, 1.82) is 0 Å². The van der Waals surface area contributed by atoms with Crippen LogP contribution in [0.15, 0.2) is 0 Å². The van der Waals surface area contributed by atoms with Crippen molar-refractivity contribution >= 4 is 16.3 Å². The fourth-order valence-electron chi connectivity index (χ4n) is 2.47. The SMILES string of the molecule is CCCCCCCCCCCCC1(C(N)=O)OS(=O)(=O)O1. The molecule has 0 aromatic rings.